The smallest absolute Gasteiger partial charge is 0.152 e. The molecule has 1 atom stereocenters. The van der Waals surface area contributed by atoms with Crippen molar-refractivity contribution in [3.63, 3.8) is 0 Å². The van der Waals surface area contributed by atoms with Gasteiger partial charge in [0.1, 0.15) is 0 Å². The monoisotopic (exact) mass is 307 g/mol. The van der Waals surface area contributed by atoms with Gasteiger partial charge in [-0.1, -0.05) is 11.6 Å². The van der Waals surface area contributed by atoms with Crippen LogP contribution < -0.4 is 4.90 Å². The predicted octanol–water partition coefficient (Wildman–Crippen LogP) is 2.70. The van der Waals surface area contributed by atoms with Crippen LogP contribution in [-0.4, -0.2) is 33.0 Å². The van der Waals surface area contributed by atoms with E-state index >= 15 is 0 Å². The molecule has 0 amide bonds. The fourth-order valence-electron chi connectivity index (χ4n) is 2.28. The van der Waals surface area contributed by atoms with Crippen molar-refractivity contribution < 1.29 is 8.42 Å². The van der Waals surface area contributed by atoms with Crippen molar-refractivity contribution in [3.05, 3.63) is 28.8 Å². The first-order valence-corrected chi connectivity index (χ1v) is 8.44. The van der Waals surface area contributed by atoms with Gasteiger partial charge < -0.3 is 4.90 Å². The Kier molecular flexibility index (Phi) is 4.09. The average Bonchev–Trinajstić information content (AvgIpc) is 2.68. The summed E-state index contributed by atoms with van der Waals surface area (Å²) in [5.74, 6) is 0.847. The minimum atomic E-state index is -2.88. The van der Waals surface area contributed by atoms with E-state index in [2.05, 4.69) is 0 Å². The number of rotatable bonds is 3. The second-order valence-corrected chi connectivity index (χ2v) is 7.51. The topological polar surface area (TPSA) is 37.4 Å². The number of halogens is 2. The first-order valence-electron chi connectivity index (χ1n) is 5.70. The molecule has 0 aromatic heterocycles. The molecule has 0 radical (unpaired) electrons. The highest BCUT2D eigenvalue weighted by atomic mass is 35.5. The van der Waals surface area contributed by atoms with Crippen LogP contribution in [0.5, 0.6) is 0 Å². The van der Waals surface area contributed by atoms with Crippen molar-refractivity contribution in [2.24, 2.45) is 0 Å². The van der Waals surface area contributed by atoms with Gasteiger partial charge in [-0.2, -0.15) is 0 Å². The van der Waals surface area contributed by atoms with Crippen LogP contribution in [-0.2, 0) is 15.7 Å². The second-order valence-electron chi connectivity index (χ2n) is 4.57. The van der Waals surface area contributed by atoms with Crippen LogP contribution in [0.4, 0.5) is 5.69 Å². The van der Waals surface area contributed by atoms with Gasteiger partial charge in [-0.05, 0) is 30.2 Å². The zero-order valence-corrected chi connectivity index (χ0v) is 12.4. The van der Waals surface area contributed by atoms with Gasteiger partial charge in [0, 0.05) is 29.7 Å². The largest absolute Gasteiger partial charge is 0.370 e. The summed E-state index contributed by atoms with van der Waals surface area (Å²) >= 11 is 11.8. The Bertz CT molecular complexity index is 545. The predicted molar refractivity (Wildman–Crippen MR) is 76.5 cm³/mol. The number of hydrogen-bond acceptors (Lipinski definition) is 3. The number of anilines is 1. The number of sulfone groups is 1. The molecule has 0 spiro atoms. The zero-order chi connectivity index (χ0) is 13.3. The zero-order valence-electron chi connectivity index (χ0n) is 10.1. The summed E-state index contributed by atoms with van der Waals surface area (Å²) in [6.07, 6.45) is 0.670. The van der Waals surface area contributed by atoms with Crippen molar-refractivity contribution in [1.29, 1.82) is 0 Å². The lowest BCUT2D eigenvalue weighted by Crippen LogP contribution is -2.33. The third kappa shape index (κ3) is 2.92. The fourth-order valence-corrected chi connectivity index (χ4v) is 4.47. The van der Waals surface area contributed by atoms with E-state index in [-0.39, 0.29) is 17.5 Å². The summed E-state index contributed by atoms with van der Waals surface area (Å²) in [7, 11) is -0.969. The third-order valence-corrected chi connectivity index (χ3v) is 5.60. The molecule has 1 aromatic carbocycles. The molecule has 1 fully saturated rings. The molecule has 1 saturated heterocycles. The van der Waals surface area contributed by atoms with E-state index in [1.165, 1.54) is 0 Å². The lowest BCUT2D eigenvalue weighted by atomic mass is 10.1. The van der Waals surface area contributed by atoms with Gasteiger partial charge in [0.2, 0.25) is 0 Å². The first-order chi connectivity index (χ1) is 8.43. The van der Waals surface area contributed by atoms with Gasteiger partial charge in [-0.3, -0.25) is 0 Å². The van der Waals surface area contributed by atoms with Gasteiger partial charge in [-0.15, -0.1) is 11.6 Å². The molecule has 3 nitrogen and oxygen atoms in total. The van der Waals surface area contributed by atoms with Gasteiger partial charge in [0.05, 0.1) is 11.5 Å². The van der Waals surface area contributed by atoms with E-state index in [0.29, 0.717) is 17.3 Å². The molecule has 0 N–H and O–H groups in total. The van der Waals surface area contributed by atoms with Crippen LogP contribution in [0.2, 0.25) is 5.02 Å². The highest BCUT2D eigenvalue weighted by Crippen LogP contribution is 2.29. The quantitative estimate of drug-likeness (QED) is 0.806. The molecule has 1 aliphatic rings. The molecular weight excluding hydrogens is 293 g/mol. The summed E-state index contributed by atoms with van der Waals surface area (Å²) < 4.78 is 23.0. The number of alkyl halides is 1. The fraction of sp³-hybridized carbons (Fsp3) is 0.500. The summed E-state index contributed by atoms with van der Waals surface area (Å²) in [5.41, 5.74) is 1.88. The van der Waals surface area contributed by atoms with E-state index in [4.69, 9.17) is 23.2 Å². The molecule has 2 rings (SSSR count). The van der Waals surface area contributed by atoms with Crippen LogP contribution >= 0.6 is 23.2 Å². The van der Waals surface area contributed by atoms with Crippen LogP contribution in [0.1, 0.15) is 12.0 Å². The van der Waals surface area contributed by atoms with Crippen molar-refractivity contribution in [2.45, 2.75) is 18.3 Å². The van der Waals surface area contributed by atoms with E-state index < -0.39 is 9.84 Å². The molecule has 6 heteroatoms. The normalized spacial score (nSPS) is 22.1. The Labute approximate surface area is 118 Å². The maximum Gasteiger partial charge on any atom is 0.152 e. The average molecular weight is 308 g/mol. The van der Waals surface area contributed by atoms with Gasteiger partial charge in [0.25, 0.3) is 0 Å². The molecule has 0 bridgehead atoms. The lowest BCUT2D eigenvalue weighted by molar-refractivity contribution is 0.601. The van der Waals surface area contributed by atoms with Crippen molar-refractivity contribution in [2.75, 3.05) is 23.5 Å². The van der Waals surface area contributed by atoms with E-state index in [1.54, 1.807) is 6.07 Å². The Morgan fingerprint density at radius 2 is 2.17 bits per heavy atom. The van der Waals surface area contributed by atoms with Crippen LogP contribution in [0.15, 0.2) is 18.2 Å². The molecule has 100 valence electrons. The minimum absolute atomic E-state index is 0.0261. The number of hydrogen-bond donors (Lipinski definition) is 0. The molecular formula is C12H15Cl2NO2S. The summed E-state index contributed by atoms with van der Waals surface area (Å²) in [6.45, 7) is 0. The maximum atomic E-state index is 11.5. The standard InChI is InChI=1S/C12H15Cl2NO2S/c1-15(11-4-5-18(16,17)8-11)12-3-2-10(14)6-9(12)7-13/h2-3,6,11H,4-5,7-8H2,1H3. The van der Waals surface area contributed by atoms with E-state index in [9.17, 15) is 8.42 Å². The Balaban J connectivity index is 2.26. The molecule has 1 aliphatic heterocycles. The molecule has 1 unspecified atom stereocenters. The van der Waals surface area contributed by atoms with Crippen LogP contribution in [0.25, 0.3) is 0 Å². The van der Waals surface area contributed by atoms with Gasteiger partial charge in [0.15, 0.2) is 9.84 Å². The molecule has 0 aliphatic carbocycles. The van der Waals surface area contributed by atoms with Crippen molar-refractivity contribution in [3.8, 4) is 0 Å². The molecule has 1 heterocycles. The van der Waals surface area contributed by atoms with Gasteiger partial charge >= 0.3 is 0 Å². The first kappa shape index (κ1) is 14.0. The van der Waals surface area contributed by atoms with Crippen LogP contribution in [0, 0.1) is 0 Å². The second kappa shape index (κ2) is 5.27. The highest BCUT2D eigenvalue weighted by Gasteiger charge is 2.31. The lowest BCUT2D eigenvalue weighted by Gasteiger charge is -2.27. The van der Waals surface area contributed by atoms with Gasteiger partial charge in [-0.25, -0.2) is 8.42 Å². The molecule has 18 heavy (non-hydrogen) atoms. The van der Waals surface area contributed by atoms with Crippen molar-refractivity contribution >= 4 is 38.7 Å². The third-order valence-electron chi connectivity index (χ3n) is 3.32. The maximum absolute atomic E-state index is 11.5. The molecule has 1 aromatic rings. The Morgan fingerprint density at radius 3 is 2.72 bits per heavy atom. The van der Waals surface area contributed by atoms with Crippen molar-refractivity contribution in [1.82, 2.24) is 0 Å². The SMILES string of the molecule is CN(c1ccc(Cl)cc1CCl)C1CCS(=O)(=O)C1. The molecule has 0 saturated carbocycles. The van der Waals surface area contributed by atoms with E-state index in [0.717, 1.165) is 11.3 Å². The Morgan fingerprint density at radius 1 is 1.44 bits per heavy atom. The van der Waals surface area contributed by atoms with E-state index in [1.807, 2.05) is 24.1 Å². The Hall–Kier alpha value is -0.450. The summed E-state index contributed by atoms with van der Waals surface area (Å²) in [6, 6.07) is 5.54. The highest BCUT2D eigenvalue weighted by molar-refractivity contribution is 7.91. The number of benzene rings is 1. The van der Waals surface area contributed by atoms with Crippen LogP contribution in [0.3, 0.4) is 0 Å². The number of nitrogens with zero attached hydrogens (tertiary/aromatic N) is 1. The summed E-state index contributed by atoms with van der Waals surface area (Å²) in [4.78, 5) is 2.00. The minimum Gasteiger partial charge on any atom is -0.370 e. The summed E-state index contributed by atoms with van der Waals surface area (Å²) in [5, 5.41) is 0.641.